The number of anilines is 2. The fourth-order valence-corrected chi connectivity index (χ4v) is 2.22. The number of rotatable bonds is 1. The van der Waals surface area contributed by atoms with Crippen LogP contribution in [0.5, 0.6) is 0 Å². The average Bonchev–Trinajstić information content (AvgIpc) is 2.23. The van der Waals surface area contributed by atoms with E-state index < -0.39 is 0 Å². The minimum Gasteiger partial charge on any atom is -0.397 e. The highest BCUT2D eigenvalue weighted by Crippen LogP contribution is 2.33. The molecule has 1 saturated heterocycles. The Morgan fingerprint density at radius 3 is 2.76 bits per heavy atom. The van der Waals surface area contributed by atoms with E-state index in [1.807, 2.05) is 6.07 Å². The first-order valence-electron chi connectivity index (χ1n) is 5.83. The molecule has 0 aromatic heterocycles. The fraction of sp³-hybridized carbons (Fsp3) is 0.538. The summed E-state index contributed by atoms with van der Waals surface area (Å²) in [5, 5.41) is 0. The molecule has 1 aliphatic heterocycles. The van der Waals surface area contributed by atoms with Crippen molar-refractivity contribution in [3.05, 3.63) is 23.5 Å². The van der Waals surface area contributed by atoms with Crippen molar-refractivity contribution in [1.29, 1.82) is 0 Å². The summed E-state index contributed by atoms with van der Waals surface area (Å²) in [4.78, 5) is 2.19. The fourth-order valence-electron chi connectivity index (χ4n) is 2.22. The Kier molecular flexibility index (Phi) is 3.00. The summed E-state index contributed by atoms with van der Waals surface area (Å²) in [7, 11) is 0. The van der Waals surface area contributed by atoms with Crippen LogP contribution < -0.4 is 10.6 Å². The molecule has 3 nitrogen and oxygen atoms in total. The van der Waals surface area contributed by atoms with Crippen LogP contribution in [0.15, 0.2) is 12.1 Å². The molecule has 17 heavy (non-hydrogen) atoms. The van der Waals surface area contributed by atoms with Gasteiger partial charge in [-0.2, -0.15) is 0 Å². The van der Waals surface area contributed by atoms with E-state index in [0.717, 1.165) is 12.2 Å². The van der Waals surface area contributed by atoms with E-state index in [-0.39, 0.29) is 11.4 Å². The molecule has 1 aromatic carbocycles. The number of hydrogen-bond acceptors (Lipinski definition) is 3. The molecule has 0 spiro atoms. The molecule has 1 aliphatic rings. The number of nitrogens with two attached hydrogens (primary N) is 1. The number of halogens is 1. The van der Waals surface area contributed by atoms with Gasteiger partial charge in [0.2, 0.25) is 0 Å². The lowest BCUT2D eigenvalue weighted by Gasteiger charge is -2.44. The molecule has 0 unspecified atom stereocenters. The van der Waals surface area contributed by atoms with Crippen LogP contribution >= 0.6 is 0 Å². The van der Waals surface area contributed by atoms with E-state index in [0.29, 0.717) is 24.5 Å². The van der Waals surface area contributed by atoms with E-state index in [1.54, 1.807) is 6.92 Å². The molecule has 0 bridgehead atoms. The van der Waals surface area contributed by atoms with Crippen molar-refractivity contribution in [3.8, 4) is 0 Å². The maximum Gasteiger partial charge on any atom is 0.128 e. The SMILES string of the molecule is Cc1cc(N2CCOCC2(C)C)c(N)cc1F. The largest absolute Gasteiger partial charge is 0.397 e. The number of nitrogen functional groups attached to an aromatic ring is 1. The van der Waals surface area contributed by atoms with Crippen molar-refractivity contribution in [2.45, 2.75) is 26.3 Å². The predicted octanol–water partition coefficient (Wildman–Crippen LogP) is 2.33. The third-order valence-electron chi connectivity index (χ3n) is 3.24. The number of aryl methyl sites for hydroxylation is 1. The topological polar surface area (TPSA) is 38.5 Å². The molecule has 1 heterocycles. The Bertz CT molecular complexity index is 432. The second-order valence-corrected chi connectivity index (χ2v) is 5.18. The lowest BCUT2D eigenvalue weighted by molar-refractivity contribution is 0.0645. The summed E-state index contributed by atoms with van der Waals surface area (Å²) in [6.07, 6.45) is 0. The highest BCUT2D eigenvalue weighted by molar-refractivity contribution is 5.70. The highest BCUT2D eigenvalue weighted by atomic mass is 19.1. The molecular weight excluding hydrogens is 219 g/mol. The van der Waals surface area contributed by atoms with Crippen LogP contribution in [0.2, 0.25) is 0 Å². The van der Waals surface area contributed by atoms with E-state index in [2.05, 4.69) is 18.7 Å². The summed E-state index contributed by atoms with van der Waals surface area (Å²) in [5.41, 5.74) is 7.82. The third kappa shape index (κ3) is 2.22. The van der Waals surface area contributed by atoms with Gasteiger partial charge in [0.25, 0.3) is 0 Å². The number of hydrogen-bond donors (Lipinski definition) is 1. The Morgan fingerprint density at radius 1 is 1.41 bits per heavy atom. The Labute approximate surface area is 101 Å². The summed E-state index contributed by atoms with van der Waals surface area (Å²) in [5.74, 6) is -0.252. The van der Waals surface area contributed by atoms with Gasteiger partial charge >= 0.3 is 0 Å². The van der Waals surface area contributed by atoms with Crippen molar-refractivity contribution in [2.24, 2.45) is 0 Å². The number of benzene rings is 1. The van der Waals surface area contributed by atoms with Crippen LogP contribution in [0.4, 0.5) is 15.8 Å². The predicted molar refractivity (Wildman–Crippen MR) is 67.8 cm³/mol. The zero-order valence-corrected chi connectivity index (χ0v) is 10.6. The van der Waals surface area contributed by atoms with Gasteiger partial charge in [0, 0.05) is 6.54 Å². The number of ether oxygens (including phenoxy) is 1. The van der Waals surface area contributed by atoms with Crippen LogP contribution in [0.1, 0.15) is 19.4 Å². The smallest absolute Gasteiger partial charge is 0.128 e. The lowest BCUT2D eigenvalue weighted by atomic mass is 10.00. The summed E-state index contributed by atoms with van der Waals surface area (Å²) in [6.45, 7) is 8.07. The van der Waals surface area contributed by atoms with Crippen molar-refractivity contribution in [2.75, 3.05) is 30.4 Å². The lowest BCUT2D eigenvalue weighted by Crippen LogP contribution is -2.53. The first-order chi connectivity index (χ1) is 7.92. The first kappa shape index (κ1) is 12.2. The van der Waals surface area contributed by atoms with E-state index in [4.69, 9.17) is 10.5 Å². The normalized spacial score (nSPS) is 19.4. The summed E-state index contributed by atoms with van der Waals surface area (Å²) in [6, 6.07) is 3.22. The van der Waals surface area contributed by atoms with Gasteiger partial charge in [0.1, 0.15) is 5.82 Å². The molecule has 0 amide bonds. The van der Waals surface area contributed by atoms with Gasteiger partial charge in [0.05, 0.1) is 30.1 Å². The standard InChI is InChI=1S/C13H19FN2O/c1-9-6-12(11(15)7-10(9)14)16-4-5-17-8-13(16,2)3/h6-7H,4-5,8,15H2,1-3H3. The Balaban J connectivity index is 2.42. The van der Waals surface area contributed by atoms with Gasteiger partial charge in [0.15, 0.2) is 0 Å². The van der Waals surface area contributed by atoms with Gasteiger partial charge in [-0.3, -0.25) is 0 Å². The van der Waals surface area contributed by atoms with Crippen LogP contribution in [0.25, 0.3) is 0 Å². The molecular formula is C13H19FN2O. The van der Waals surface area contributed by atoms with Crippen molar-refractivity contribution >= 4 is 11.4 Å². The van der Waals surface area contributed by atoms with Crippen LogP contribution in [-0.2, 0) is 4.74 Å². The molecule has 1 fully saturated rings. The minimum atomic E-state index is -0.252. The third-order valence-corrected chi connectivity index (χ3v) is 3.24. The molecule has 0 saturated carbocycles. The zero-order chi connectivity index (χ0) is 12.6. The van der Waals surface area contributed by atoms with Crippen LogP contribution in [0, 0.1) is 12.7 Å². The van der Waals surface area contributed by atoms with Crippen molar-refractivity contribution < 1.29 is 9.13 Å². The summed E-state index contributed by atoms with van der Waals surface area (Å²) < 4.78 is 18.9. The quantitative estimate of drug-likeness (QED) is 0.763. The van der Waals surface area contributed by atoms with Crippen LogP contribution in [0.3, 0.4) is 0 Å². The number of nitrogens with zero attached hydrogens (tertiary/aromatic N) is 1. The molecule has 1 aromatic rings. The first-order valence-corrected chi connectivity index (χ1v) is 5.83. The van der Waals surface area contributed by atoms with Gasteiger partial charge in [-0.15, -0.1) is 0 Å². The van der Waals surface area contributed by atoms with Crippen molar-refractivity contribution in [3.63, 3.8) is 0 Å². The second-order valence-electron chi connectivity index (χ2n) is 5.18. The molecule has 2 rings (SSSR count). The zero-order valence-electron chi connectivity index (χ0n) is 10.6. The van der Waals surface area contributed by atoms with Crippen molar-refractivity contribution in [1.82, 2.24) is 0 Å². The molecule has 0 radical (unpaired) electrons. The van der Waals surface area contributed by atoms with Gasteiger partial charge in [-0.1, -0.05) is 0 Å². The molecule has 4 heteroatoms. The summed E-state index contributed by atoms with van der Waals surface area (Å²) >= 11 is 0. The van der Waals surface area contributed by atoms with Gasteiger partial charge in [-0.25, -0.2) is 4.39 Å². The van der Waals surface area contributed by atoms with E-state index in [9.17, 15) is 4.39 Å². The average molecular weight is 238 g/mol. The monoisotopic (exact) mass is 238 g/mol. The van der Waals surface area contributed by atoms with E-state index in [1.165, 1.54) is 6.07 Å². The maximum atomic E-state index is 13.4. The van der Waals surface area contributed by atoms with Gasteiger partial charge < -0.3 is 15.4 Å². The molecule has 94 valence electrons. The van der Waals surface area contributed by atoms with Gasteiger partial charge in [-0.05, 0) is 38.5 Å². The maximum absolute atomic E-state index is 13.4. The minimum absolute atomic E-state index is 0.114. The van der Waals surface area contributed by atoms with Crippen LogP contribution in [-0.4, -0.2) is 25.3 Å². The highest BCUT2D eigenvalue weighted by Gasteiger charge is 2.31. The molecule has 2 N–H and O–H groups in total. The Hall–Kier alpha value is -1.29. The van der Waals surface area contributed by atoms with E-state index >= 15 is 0 Å². The second kappa shape index (κ2) is 4.18. The number of morpholine rings is 1. The Morgan fingerprint density at radius 2 is 2.12 bits per heavy atom. The molecule has 0 aliphatic carbocycles. The molecule has 0 atom stereocenters.